The molecule has 0 saturated carbocycles. The third-order valence-corrected chi connectivity index (χ3v) is 1.90. The number of aromatic nitrogens is 2. The van der Waals surface area contributed by atoms with Crippen molar-refractivity contribution in [2.45, 2.75) is 0 Å². The SMILES string of the molecule is NC(=O)C(=NOCF)c1nsc(NC=O)n1. The van der Waals surface area contributed by atoms with E-state index in [2.05, 4.69) is 24.7 Å². The van der Waals surface area contributed by atoms with Gasteiger partial charge in [0.25, 0.3) is 12.8 Å². The molecule has 1 aromatic rings. The fourth-order valence-electron chi connectivity index (χ4n) is 0.714. The second kappa shape index (κ2) is 5.70. The van der Waals surface area contributed by atoms with Gasteiger partial charge in [0.05, 0.1) is 0 Å². The van der Waals surface area contributed by atoms with Gasteiger partial charge in [-0.05, 0) is 0 Å². The van der Waals surface area contributed by atoms with Gasteiger partial charge in [0.1, 0.15) is 0 Å². The van der Waals surface area contributed by atoms with Crippen LogP contribution in [0.25, 0.3) is 0 Å². The lowest BCUT2D eigenvalue weighted by molar-refractivity contribution is -0.112. The van der Waals surface area contributed by atoms with E-state index < -0.39 is 18.5 Å². The van der Waals surface area contributed by atoms with Crippen LogP contribution in [0.1, 0.15) is 5.82 Å². The molecule has 0 unspecified atom stereocenters. The number of amides is 2. The molecule has 2 amide bonds. The van der Waals surface area contributed by atoms with E-state index in [4.69, 9.17) is 5.73 Å². The fourth-order valence-corrected chi connectivity index (χ4v) is 1.24. The number of nitrogens with zero attached hydrogens (tertiary/aromatic N) is 3. The maximum atomic E-state index is 11.7. The molecule has 0 aliphatic carbocycles. The lowest BCUT2D eigenvalue weighted by Gasteiger charge is -1.95. The average molecular weight is 247 g/mol. The Morgan fingerprint density at radius 2 is 2.50 bits per heavy atom. The molecule has 0 fully saturated rings. The number of carbonyl (C=O) groups is 2. The normalized spacial score (nSPS) is 10.9. The van der Waals surface area contributed by atoms with E-state index in [0.717, 1.165) is 11.5 Å². The van der Waals surface area contributed by atoms with Crippen LogP contribution < -0.4 is 11.1 Å². The second-order valence-electron chi connectivity index (χ2n) is 2.23. The van der Waals surface area contributed by atoms with Crippen LogP contribution in [0.2, 0.25) is 0 Å². The van der Waals surface area contributed by atoms with Crippen LogP contribution in [0.4, 0.5) is 9.52 Å². The molecule has 0 aromatic carbocycles. The number of primary amides is 1. The zero-order chi connectivity index (χ0) is 12.0. The Morgan fingerprint density at radius 1 is 1.75 bits per heavy atom. The number of hydrogen-bond donors (Lipinski definition) is 2. The van der Waals surface area contributed by atoms with Gasteiger partial charge in [0.15, 0.2) is 0 Å². The van der Waals surface area contributed by atoms with E-state index in [0.29, 0.717) is 6.41 Å². The van der Waals surface area contributed by atoms with Gasteiger partial charge in [-0.1, -0.05) is 5.16 Å². The summed E-state index contributed by atoms with van der Waals surface area (Å²) in [6.07, 6.45) is 0.392. The number of rotatable bonds is 6. The van der Waals surface area contributed by atoms with Crippen molar-refractivity contribution in [3.05, 3.63) is 5.82 Å². The van der Waals surface area contributed by atoms with Crippen LogP contribution in [0.5, 0.6) is 0 Å². The van der Waals surface area contributed by atoms with E-state index in [-0.39, 0.29) is 11.0 Å². The van der Waals surface area contributed by atoms with E-state index >= 15 is 0 Å². The fraction of sp³-hybridized carbons (Fsp3) is 0.167. The average Bonchev–Trinajstić information content (AvgIpc) is 2.67. The first kappa shape index (κ1) is 12.0. The molecule has 0 atom stereocenters. The number of carbonyl (C=O) groups excluding carboxylic acids is 2. The first-order chi connectivity index (χ1) is 7.69. The summed E-state index contributed by atoms with van der Waals surface area (Å²) >= 11 is 0.812. The number of anilines is 1. The van der Waals surface area contributed by atoms with E-state index in [9.17, 15) is 14.0 Å². The van der Waals surface area contributed by atoms with Gasteiger partial charge in [0.2, 0.25) is 23.1 Å². The molecule has 0 aliphatic rings. The monoisotopic (exact) mass is 247 g/mol. The van der Waals surface area contributed by atoms with Crippen molar-refractivity contribution in [3.63, 3.8) is 0 Å². The number of hydrogen-bond acceptors (Lipinski definition) is 7. The van der Waals surface area contributed by atoms with Crippen LogP contribution in [0, 0.1) is 0 Å². The highest BCUT2D eigenvalue weighted by Gasteiger charge is 2.17. The highest BCUT2D eigenvalue weighted by molar-refractivity contribution is 7.10. The van der Waals surface area contributed by atoms with Gasteiger partial charge in [-0.25, -0.2) is 4.39 Å². The lowest BCUT2D eigenvalue weighted by Crippen LogP contribution is -2.25. The predicted octanol–water partition coefficient (Wildman–Crippen LogP) is -0.761. The van der Waals surface area contributed by atoms with Crippen molar-refractivity contribution in [3.8, 4) is 0 Å². The van der Waals surface area contributed by atoms with Crippen molar-refractivity contribution in [2.24, 2.45) is 10.9 Å². The van der Waals surface area contributed by atoms with Crippen molar-refractivity contribution in [1.29, 1.82) is 0 Å². The first-order valence-corrected chi connectivity index (χ1v) is 4.56. The van der Waals surface area contributed by atoms with Crippen LogP contribution in [-0.4, -0.2) is 34.2 Å². The quantitative estimate of drug-likeness (QED) is 0.389. The molecular weight excluding hydrogens is 241 g/mol. The Morgan fingerprint density at radius 3 is 3.06 bits per heavy atom. The number of nitrogens with two attached hydrogens (primary N) is 1. The third kappa shape index (κ3) is 2.95. The molecule has 0 spiro atoms. The zero-order valence-corrected chi connectivity index (χ0v) is 8.53. The van der Waals surface area contributed by atoms with Gasteiger partial charge in [0, 0.05) is 11.5 Å². The molecule has 0 bridgehead atoms. The Hall–Kier alpha value is -2.10. The molecule has 0 saturated heterocycles. The predicted molar refractivity (Wildman–Crippen MR) is 52.4 cm³/mol. The zero-order valence-electron chi connectivity index (χ0n) is 7.71. The van der Waals surface area contributed by atoms with E-state index in [1.165, 1.54) is 0 Å². The van der Waals surface area contributed by atoms with E-state index in [1.807, 2.05) is 0 Å². The summed E-state index contributed by atoms with van der Waals surface area (Å²) in [7, 11) is 0. The van der Waals surface area contributed by atoms with Crippen molar-refractivity contribution < 1.29 is 18.8 Å². The summed E-state index contributed by atoms with van der Waals surface area (Å²) in [5.41, 5.74) is 4.53. The third-order valence-electron chi connectivity index (χ3n) is 1.26. The Bertz CT molecular complexity index is 420. The summed E-state index contributed by atoms with van der Waals surface area (Å²) in [5, 5.41) is 5.49. The largest absolute Gasteiger partial charge is 0.364 e. The van der Waals surface area contributed by atoms with Gasteiger partial charge in [-0.2, -0.15) is 9.36 Å². The second-order valence-corrected chi connectivity index (χ2v) is 2.98. The molecule has 3 N–H and O–H groups in total. The highest BCUT2D eigenvalue weighted by Crippen LogP contribution is 2.10. The minimum atomic E-state index is -1.21. The molecule has 16 heavy (non-hydrogen) atoms. The Labute approximate surface area is 92.5 Å². The number of alkyl halides is 1. The highest BCUT2D eigenvalue weighted by atomic mass is 32.1. The summed E-state index contributed by atoms with van der Waals surface area (Å²) in [4.78, 5) is 28.7. The number of nitrogens with one attached hydrogen (secondary N) is 1. The first-order valence-electron chi connectivity index (χ1n) is 3.79. The molecule has 0 radical (unpaired) electrons. The number of oxime groups is 1. The van der Waals surface area contributed by atoms with Crippen molar-refractivity contribution in [2.75, 3.05) is 12.2 Å². The summed E-state index contributed by atoms with van der Waals surface area (Å²) in [5.74, 6) is -1.11. The van der Waals surface area contributed by atoms with Crippen LogP contribution in [-0.2, 0) is 14.4 Å². The van der Waals surface area contributed by atoms with Crippen LogP contribution >= 0.6 is 11.5 Å². The maximum absolute atomic E-state index is 11.7. The van der Waals surface area contributed by atoms with E-state index in [1.54, 1.807) is 0 Å². The molecule has 1 aromatic heterocycles. The standard InChI is InChI=1S/C6H6FN5O3S/c7-1-15-11-3(4(8)14)5-10-6(9-2-13)16-12-5/h2H,1H2,(H2,8,14)(H,9,10,12,13). The molecule has 0 aliphatic heterocycles. The van der Waals surface area contributed by atoms with Crippen LogP contribution in [0.3, 0.4) is 0 Å². The van der Waals surface area contributed by atoms with Gasteiger partial charge in [-0.15, -0.1) is 0 Å². The maximum Gasteiger partial charge on any atom is 0.274 e. The van der Waals surface area contributed by atoms with Gasteiger partial charge < -0.3 is 15.9 Å². The number of halogens is 1. The minimum Gasteiger partial charge on any atom is -0.364 e. The Balaban J connectivity index is 2.92. The van der Waals surface area contributed by atoms with Crippen molar-refractivity contribution >= 4 is 34.7 Å². The molecule has 8 nitrogen and oxygen atoms in total. The topological polar surface area (TPSA) is 120 Å². The lowest BCUT2D eigenvalue weighted by atomic mass is 10.3. The molecule has 86 valence electrons. The van der Waals surface area contributed by atoms with Gasteiger partial charge in [-0.3, -0.25) is 9.59 Å². The Kier molecular flexibility index (Phi) is 4.27. The summed E-state index contributed by atoms with van der Waals surface area (Å²) in [6.45, 7) is -1.21. The van der Waals surface area contributed by atoms with Crippen LogP contribution in [0.15, 0.2) is 5.16 Å². The smallest absolute Gasteiger partial charge is 0.274 e. The van der Waals surface area contributed by atoms with Gasteiger partial charge >= 0.3 is 0 Å². The summed E-state index contributed by atoms with van der Waals surface area (Å²) < 4.78 is 15.4. The molecule has 1 heterocycles. The summed E-state index contributed by atoms with van der Waals surface area (Å²) in [6, 6.07) is 0. The van der Waals surface area contributed by atoms with Crippen molar-refractivity contribution in [1.82, 2.24) is 9.36 Å². The minimum absolute atomic E-state index is 0.143. The molecule has 10 heteroatoms. The molecular formula is C6H6FN5O3S. The molecule has 1 rings (SSSR count).